The van der Waals surface area contributed by atoms with Crippen LogP contribution < -0.4 is 11.1 Å². The third-order valence-electron chi connectivity index (χ3n) is 6.42. The van der Waals surface area contributed by atoms with Gasteiger partial charge in [0.15, 0.2) is 17.2 Å². The molecule has 1 unspecified atom stereocenters. The number of nitrogens with two attached hydrogens (primary N) is 1. The van der Waals surface area contributed by atoms with Crippen molar-refractivity contribution in [1.82, 2.24) is 24.1 Å². The van der Waals surface area contributed by atoms with E-state index in [1.54, 1.807) is 29.0 Å². The Bertz CT molecular complexity index is 1650. The number of nitrogens with one attached hydrogen (secondary N) is 1. The van der Waals surface area contributed by atoms with Crippen molar-refractivity contribution in [3.05, 3.63) is 54.2 Å². The molecule has 1 saturated carbocycles. The molecular formula is C26H31F3N8O3S. The number of aryl methyl sites for hydroxylation is 1. The summed E-state index contributed by atoms with van der Waals surface area (Å²) in [7, 11) is -2.57. The molecule has 4 aromatic rings. The van der Waals surface area contributed by atoms with Crippen molar-refractivity contribution >= 4 is 33.4 Å². The molecule has 0 amide bonds. The van der Waals surface area contributed by atoms with Gasteiger partial charge in [-0.15, -0.1) is 0 Å². The second-order valence-electron chi connectivity index (χ2n) is 9.68. The maximum atomic E-state index is 13.9. The summed E-state index contributed by atoms with van der Waals surface area (Å²) in [6.45, 7) is 2.97. The largest absolute Gasteiger partial charge is 0.483 e. The van der Waals surface area contributed by atoms with E-state index in [0.29, 0.717) is 54.0 Å². The van der Waals surface area contributed by atoms with Gasteiger partial charge in [-0.25, -0.2) is 18.5 Å². The molecule has 3 heterocycles. The van der Waals surface area contributed by atoms with Gasteiger partial charge < -0.3 is 16.2 Å². The van der Waals surface area contributed by atoms with Gasteiger partial charge in [-0.05, 0) is 62.4 Å². The zero-order valence-electron chi connectivity index (χ0n) is 22.5. The molecule has 5 rings (SSSR count). The van der Waals surface area contributed by atoms with E-state index in [0.717, 1.165) is 18.4 Å². The number of aromatic nitrogens is 5. The van der Waals surface area contributed by atoms with Crippen LogP contribution >= 0.6 is 0 Å². The molecule has 0 bridgehead atoms. The average molecular weight is 593 g/mol. The lowest BCUT2D eigenvalue weighted by Crippen LogP contribution is -2.10. The highest BCUT2D eigenvalue weighted by atomic mass is 32.2. The minimum Gasteiger partial charge on any atom is -0.483 e. The number of nitrogens with zero attached hydrogens (tertiary/aromatic N) is 6. The molecular weight excluding hydrogens is 561 g/mol. The summed E-state index contributed by atoms with van der Waals surface area (Å²) < 4.78 is 61.9. The lowest BCUT2D eigenvalue weighted by Gasteiger charge is -2.12. The summed E-state index contributed by atoms with van der Waals surface area (Å²) >= 11 is 0. The molecule has 0 saturated heterocycles. The third kappa shape index (κ3) is 7.03. The van der Waals surface area contributed by atoms with Crippen molar-refractivity contribution in [2.75, 3.05) is 24.7 Å². The highest BCUT2D eigenvalue weighted by Crippen LogP contribution is 2.38. The molecule has 1 aliphatic rings. The fourth-order valence-electron chi connectivity index (χ4n) is 4.37. The first-order valence-corrected chi connectivity index (χ1v) is 14.7. The number of anilines is 2. The van der Waals surface area contributed by atoms with Crippen LogP contribution in [0.15, 0.2) is 52.2 Å². The monoisotopic (exact) mass is 592 g/mol. The summed E-state index contributed by atoms with van der Waals surface area (Å²) in [5.41, 5.74) is 6.64. The number of hydrogen-bond donors (Lipinski definition) is 3. The van der Waals surface area contributed by atoms with E-state index in [4.69, 9.17) is 15.6 Å². The lowest BCUT2D eigenvalue weighted by atomic mass is 10.2. The molecule has 1 fully saturated rings. The van der Waals surface area contributed by atoms with E-state index >= 15 is 0 Å². The van der Waals surface area contributed by atoms with Crippen LogP contribution in [-0.2, 0) is 27.2 Å². The SMILES string of the molecule is Cc1cc(Nc2nccn3c(-c4cn(CC5CC5)nc4C(F)(F)F)cnc23)ccc1S(C)(=O)=NCCCN.O=CO. The number of fused-ring (bicyclic) bond motifs is 1. The van der Waals surface area contributed by atoms with Crippen LogP contribution in [0.5, 0.6) is 0 Å². The van der Waals surface area contributed by atoms with Gasteiger partial charge >= 0.3 is 6.18 Å². The number of benzene rings is 1. The van der Waals surface area contributed by atoms with Gasteiger partial charge in [-0.2, -0.15) is 18.3 Å². The van der Waals surface area contributed by atoms with Gasteiger partial charge in [0.2, 0.25) is 0 Å². The number of rotatable bonds is 9. The normalized spacial score (nSPS) is 14.7. The van der Waals surface area contributed by atoms with Crippen molar-refractivity contribution < 1.29 is 27.3 Å². The number of imidazole rings is 1. The minimum atomic E-state index is -4.60. The van der Waals surface area contributed by atoms with Crippen LogP contribution in [0.1, 0.15) is 30.5 Å². The molecule has 1 aromatic carbocycles. The molecule has 15 heteroatoms. The number of halogens is 3. The highest BCUT2D eigenvalue weighted by molar-refractivity contribution is 7.93. The third-order valence-corrected chi connectivity index (χ3v) is 8.37. The van der Waals surface area contributed by atoms with Crippen LogP contribution in [-0.4, -0.2) is 59.3 Å². The van der Waals surface area contributed by atoms with Crippen molar-refractivity contribution in [1.29, 1.82) is 0 Å². The van der Waals surface area contributed by atoms with Crippen molar-refractivity contribution in [3.8, 4) is 11.3 Å². The van der Waals surface area contributed by atoms with E-state index in [9.17, 15) is 17.4 Å². The molecule has 1 aliphatic carbocycles. The van der Waals surface area contributed by atoms with Crippen LogP contribution in [0.2, 0.25) is 0 Å². The smallest absolute Gasteiger partial charge is 0.435 e. The Hall–Kier alpha value is -3.98. The second-order valence-corrected chi connectivity index (χ2v) is 12.0. The number of carboxylic acid groups (broad SMARTS) is 1. The molecule has 220 valence electrons. The number of hydrogen-bond acceptors (Lipinski definition) is 8. The number of carbonyl (C=O) groups is 1. The summed E-state index contributed by atoms with van der Waals surface area (Å²) in [4.78, 5) is 17.7. The first-order chi connectivity index (χ1) is 19.5. The van der Waals surface area contributed by atoms with Crippen molar-refractivity contribution in [2.24, 2.45) is 16.0 Å². The Balaban J connectivity index is 0.00000124. The van der Waals surface area contributed by atoms with Crippen LogP contribution in [0.4, 0.5) is 24.7 Å². The molecule has 0 aliphatic heterocycles. The van der Waals surface area contributed by atoms with E-state index in [-0.39, 0.29) is 17.7 Å². The van der Waals surface area contributed by atoms with E-state index in [1.165, 1.54) is 23.3 Å². The van der Waals surface area contributed by atoms with Gasteiger partial charge in [-0.1, -0.05) is 0 Å². The molecule has 4 N–H and O–H groups in total. The van der Waals surface area contributed by atoms with Crippen molar-refractivity contribution in [2.45, 2.75) is 43.8 Å². The van der Waals surface area contributed by atoms with Crippen LogP contribution in [0.3, 0.4) is 0 Å². The maximum absolute atomic E-state index is 13.9. The van der Waals surface area contributed by atoms with E-state index in [1.807, 2.05) is 13.0 Å². The van der Waals surface area contributed by atoms with Gasteiger partial charge in [0, 0.05) is 43.6 Å². The molecule has 0 spiro atoms. The van der Waals surface area contributed by atoms with E-state index < -0.39 is 21.6 Å². The minimum absolute atomic E-state index is 0.0286. The Labute approximate surface area is 234 Å². The molecule has 11 nitrogen and oxygen atoms in total. The van der Waals surface area contributed by atoms with Crippen molar-refractivity contribution in [3.63, 3.8) is 0 Å². The van der Waals surface area contributed by atoms with Gasteiger partial charge in [0.1, 0.15) is 0 Å². The van der Waals surface area contributed by atoms with E-state index in [2.05, 4.69) is 24.7 Å². The lowest BCUT2D eigenvalue weighted by molar-refractivity contribution is -0.141. The fraction of sp³-hybridized carbons (Fsp3) is 0.385. The Morgan fingerprint density at radius 1 is 1.29 bits per heavy atom. The standard InChI is InChI=1S/C25H29F3N8OS.CH2O2/c1-16-12-18(6-7-21(16)38(2,37)32-9-3-8-29)33-23-24-31-13-20(36(24)11-10-30-23)19-15-35(14-17-4-5-17)34-22(19)25(26,27)28;2-1-3/h6-7,10-13,15,17H,3-5,8-9,14,29H2,1-2H3,(H,30,33);1H,(H,2,3). The highest BCUT2D eigenvalue weighted by Gasteiger charge is 2.39. The average Bonchev–Trinajstić information content (AvgIpc) is 3.43. The first kappa shape index (κ1) is 30.0. The summed E-state index contributed by atoms with van der Waals surface area (Å²) in [5, 5.41) is 13.9. The predicted octanol–water partition coefficient (Wildman–Crippen LogP) is 4.58. The van der Waals surface area contributed by atoms with Gasteiger partial charge in [-0.3, -0.25) is 13.9 Å². The quantitative estimate of drug-likeness (QED) is 0.189. The zero-order valence-corrected chi connectivity index (χ0v) is 23.3. The predicted molar refractivity (Wildman–Crippen MR) is 148 cm³/mol. The Morgan fingerprint density at radius 2 is 2.02 bits per heavy atom. The summed E-state index contributed by atoms with van der Waals surface area (Å²) in [6, 6.07) is 5.35. The Kier molecular flexibility index (Phi) is 8.97. The van der Waals surface area contributed by atoms with Gasteiger partial charge in [0.05, 0.1) is 32.1 Å². The molecule has 1 atom stereocenters. The summed E-state index contributed by atoms with van der Waals surface area (Å²) in [6.07, 6.45) is 5.60. The van der Waals surface area contributed by atoms with Gasteiger partial charge in [0.25, 0.3) is 6.47 Å². The van der Waals surface area contributed by atoms with Crippen LogP contribution in [0.25, 0.3) is 16.9 Å². The van der Waals surface area contributed by atoms with Crippen LogP contribution in [0, 0.1) is 12.8 Å². The topological polar surface area (TPSA) is 153 Å². The molecule has 41 heavy (non-hydrogen) atoms. The fourth-order valence-corrected chi connectivity index (χ4v) is 5.97. The Morgan fingerprint density at radius 3 is 2.66 bits per heavy atom. The molecule has 3 aromatic heterocycles. The zero-order chi connectivity index (χ0) is 29.8. The second kappa shape index (κ2) is 12.3. The summed E-state index contributed by atoms with van der Waals surface area (Å²) in [5.74, 6) is 0.747. The number of alkyl halides is 3. The molecule has 0 radical (unpaired) electrons. The maximum Gasteiger partial charge on any atom is 0.435 e. The first-order valence-electron chi connectivity index (χ1n) is 12.8.